The van der Waals surface area contributed by atoms with Crippen molar-refractivity contribution in [3.05, 3.63) is 54.4 Å². The summed E-state index contributed by atoms with van der Waals surface area (Å²) in [5.41, 5.74) is 0.796. The van der Waals surface area contributed by atoms with Crippen LogP contribution < -0.4 is 14.8 Å². The van der Waals surface area contributed by atoms with Crippen molar-refractivity contribution in [1.82, 2.24) is 10.3 Å². The molecule has 0 bridgehead atoms. The summed E-state index contributed by atoms with van der Waals surface area (Å²) < 4.78 is 10.8. The number of nitrogens with zero attached hydrogens (tertiary/aromatic N) is 1. The van der Waals surface area contributed by atoms with Crippen LogP contribution in [0.1, 0.15) is 24.6 Å². The first-order valence-corrected chi connectivity index (χ1v) is 8.31. The molecule has 25 heavy (non-hydrogen) atoms. The molecule has 6 nitrogen and oxygen atoms in total. The van der Waals surface area contributed by atoms with Crippen molar-refractivity contribution in [2.75, 3.05) is 13.7 Å². The summed E-state index contributed by atoms with van der Waals surface area (Å²) in [5, 5.41) is 12.6. The Bertz CT molecular complexity index is 702. The summed E-state index contributed by atoms with van der Waals surface area (Å²) in [6.07, 6.45) is 2.73. The van der Waals surface area contributed by atoms with E-state index in [1.807, 2.05) is 30.3 Å². The number of aliphatic hydroxyl groups is 1. The minimum atomic E-state index is -0.294. The number of hydrogen-bond donors (Lipinski definition) is 2. The maximum absolute atomic E-state index is 12.4. The third-order valence-electron chi connectivity index (χ3n) is 4.37. The van der Waals surface area contributed by atoms with Gasteiger partial charge in [0.1, 0.15) is 0 Å². The molecule has 0 unspecified atom stereocenters. The van der Waals surface area contributed by atoms with Crippen molar-refractivity contribution in [2.24, 2.45) is 5.92 Å². The van der Waals surface area contributed by atoms with Crippen LogP contribution in [0.3, 0.4) is 0 Å². The molecule has 1 aliphatic carbocycles. The van der Waals surface area contributed by atoms with Crippen molar-refractivity contribution in [1.29, 1.82) is 0 Å². The van der Waals surface area contributed by atoms with Gasteiger partial charge < -0.3 is 19.9 Å². The van der Waals surface area contributed by atoms with Crippen LogP contribution in [0, 0.1) is 5.92 Å². The van der Waals surface area contributed by atoms with E-state index >= 15 is 0 Å². The molecule has 1 heterocycles. The summed E-state index contributed by atoms with van der Waals surface area (Å²) in [4.78, 5) is 16.7. The minimum absolute atomic E-state index is 0.112. The van der Waals surface area contributed by atoms with Gasteiger partial charge in [-0.3, -0.25) is 9.78 Å². The molecule has 1 aliphatic rings. The number of carbonyl (C=O) groups is 1. The SMILES string of the molecule is COc1ccccc1OCC(=O)N[C@H](c1ccccn1)C1CC(O)C1. The highest BCUT2D eigenvalue weighted by molar-refractivity contribution is 5.78. The second kappa shape index (κ2) is 7.98. The van der Waals surface area contributed by atoms with Crippen molar-refractivity contribution in [2.45, 2.75) is 25.0 Å². The van der Waals surface area contributed by atoms with Crippen molar-refractivity contribution < 1.29 is 19.4 Å². The van der Waals surface area contributed by atoms with E-state index in [-0.39, 0.29) is 30.6 Å². The Morgan fingerprint density at radius 2 is 1.96 bits per heavy atom. The number of benzene rings is 1. The van der Waals surface area contributed by atoms with Gasteiger partial charge in [-0.05, 0) is 43.0 Å². The van der Waals surface area contributed by atoms with Crippen LogP contribution in [-0.4, -0.2) is 35.8 Å². The van der Waals surface area contributed by atoms with Gasteiger partial charge in [-0.25, -0.2) is 0 Å². The number of aromatic nitrogens is 1. The fourth-order valence-electron chi connectivity index (χ4n) is 2.99. The Labute approximate surface area is 146 Å². The van der Waals surface area contributed by atoms with Gasteiger partial charge in [0.15, 0.2) is 18.1 Å². The molecule has 1 saturated carbocycles. The largest absolute Gasteiger partial charge is 0.493 e. The topological polar surface area (TPSA) is 80.7 Å². The van der Waals surface area contributed by atoms with Crippen LogP contribution in [-0.2, 0) is 4.79 Å². The molecule has 0 saturated heterocycles. The summed E-state index contributed by atoms with van der Waals surface area (Å²) in [5.74, 6) is 1.05. The third-order valence-corrected chi connectivity index (χ3v) is 4.37. The van der Waals surface area contributed by atoms with Gasteiger partial charge in [0.05, 0.1) is 24.9 Å². The molecule has 2 N–H and O–H groups in total. The molecular weight excluding hydrogens is 320 g/mol. The first-order chi connectivity index (χ1) is 12.2. The molecule has 132 valence electrons. The molecule has 1 fully saturated rings. The number of methoxy groups -OCH3 is 1. The van der Waals surface area contributed by atoms with Gasteiger partial charge in [-0.1, -0.05) is 18.2 Å². The molecule has 1 amide bonds. The van der Waals surface area contributed by atoms with E-state index in [0.29, 0.717) is 24.3 Å². The fraction of sp³-hybridized carbons (Fsp3) is 0.368. The summed E-state index contributed by atoms with van der Waals surface area (Å²) in [6, 6.07) is 12.6. The highest BCUT2D eigenvalue weighted by Crippen LogP contribution is 2.37. The number of amides is 1. The highest BCUT2D eigenvalue weighted by atomic mass is 16.5. The predicted molar refractivity (Wildman–Crippen MR) is 92.3 cm³/mol. The van der Waals surface area contributed by atoms with E-state index in [1.165, 1.54) is 0 Å². The van der Waals surface area contributed by atoms with Gasteiger partial charge in [0.2, 0.25) is 0 Å². The Morgan fingerprint density at radius 3 is 2.60 bits per heavy atom. The lowest BCUT2D eigenvalue weighted by Gasteiger charge is -2.37. The average Bonchev–Trinajstić information content (AvgIpc) is 2.63. The summed E-state index contributed by atoms with van der Waals surface area (Å²) in [6.45, 7) is -0.112. The first-order valence-electron chi connectivity index (χ1n) is 8.31. The molecular formula is C19H22N2O4. The smallest absolute Gasteiger partial charge is 0.258 e. The zero-order valence-corrected chi connectivity index (χ0v) is 14.1. The van der Waals surface area contributed by atoms with E-state index in [1.54, 1.807) is 25.4 Å². The Hall–Kier alpha value is -2.60. The van der Waals surface area contributed by atoms with Gasteiger partial charge in [0.25, 0.3) is 5.91 Å². The maximum atomic E-state index is 12.4. The Balaban J connectivity index is 1.62. The molecule has 1 aromatic carbocycles. The number of aliphatic hydroxyl groups excluding tert-OH is 1. The molecule has 2 aromatic rings. The van der Waals surface area contributed by atoms with E-state index < -0.39 is 0 Å². The van der Waals surface area contributed by atoms with Gasteiger partial charge >= 0.3 is 0 Å². The number of para-hydroxylation sites is 2. The number of carbonyl (C=O) groups excluding carboxylic acids is 1. The van der Waals surface area contributed by atoms with Crippen LogP contribution in [0.25, 0.3) is 0 Å². The Kier molecular flexibility index (Phi) is 5.50. The van der Waals surface area contributed by atoms with Crippen molar-refractivity contribution in [3.63, 3.8) is 0 Å². The third kappa shape index (κ3) is 4.28. The standard InChI is InChI=1S/C19H22N2O4/c1-24-16-7-2-3-8-17(16)25-12-18(23)21-19(13-10-14(22)11-13)15-6-4-5-9-20-15/h2-9,13-14,19,22H,10-12H2,1H3,(H,21,23)/t13?,14?,19-/m0/s1. The van der Waals surface area contributed by atoms with Crippen LogP contribution in [0.15, 0.2) is 48.7 Å². The lowest BCUT2D eigenvalue weighted by molar-refractivity contribution is -0.125. The van der Waals surface area contributed by atoms with Gasteiger partial charge in [-0.2, -0.15) is 0 Å². The van der Waals surface area contributed by atoms with Crippen LogP contribution in [0.2, 0.25) is 0 Å². The minimum Gasteiger partial charge on any atom is -0.493 e. The van der Waals surface area contributed by atoms with Crippen molar-refractivity contribution >= 4 is 5.91 Å². The second-order valence-electron chi connectivity index (χ2n) is 6.12. The monoisotopic (exact) mass is 342 g/mol. The van der Waals surface area contributed by atoms with Gasteiger partial charge in [-0.15, -0.1) is 0 Å². The Morgan fingerprint density at radius 1 is 1.24 bits per heavy atom. The summed E-state index contributed by atoms with van der Waals surface area (Å²) >= 11 is 0. The maximum Gasteiger partial charge on any atom is 0.258 e. The van der Waals surface area contributed by atoms with Gasteiger partial charge in [0, 0.05) is 6.20 Å². The predicted octanol–water partition coefficient (Wildman–Crippen LogP) is 2.10. The van der Waals surface area contributed by atoms with E-state index in [0.717, 1.165) is 5.69 Å². The van der Waals surface area contributed by atoms with Crippen molar-refractivity contribution in [3.8, 4) is 11.5 Å². The quantitative estimate of drug-likeness (QED) is 0.805. The van der Waals surface area contributed by atoms with Crippen LogP contribution in [0.5, 0.6) is 11.5 Å². The molecule has 0 radical (unpaired) electrons. The van der Waals surface area contributed by atoms with Crippen LogP contribution >= 0.6 is 0 Å². The lowest BCUT2D eigenvalue weighted by atomic mass is 9.76. The normalized spacial score (nSPS) is 20.2. The first kappa shape index (κ1) is 17.2. The molecule has 0 spiro atoms. The molecule has 1 atom stereocenters. The number of rotatable bonds is 7. The molecule has 6 heteroatoms. The fourth-order valence-corrected chi connectivity index (χ4v) is 2.99. The average molecular weight is 342 g/mol. The number of nitrogens with one attached hydrogen (secondary N) is 1. The van der Waals surface area contributed by atoms with Crippen LogP contribution in [0.4, 0.5) is 0 Å². The highest BCUT2D eigenvalue weighted by Gasteiger charge is 2.36. The molecule has 3 rings (SSSR count). The zero-order valence-electron chi connectivity index (χ0n) is 14.1. The number of ether oxygens (including phenoxy) is 2. The molecule has 0 aliphatic heterocycles. The number of pyridine rings is 1. The summed E-state index contributed by atoms with van der Waals surface area (Å²) in [7, 11) is 1.56. The zero-order chi connectivity index (χ0) is 17.6. The van der Waals surface area contributed by atoms with E-state index in [9.17, 15) is 9.90 Å². The lowest BCUT2D eigenvalue weighted by Crippen LogP contribution is -2.43. The molecule has 1 aromatic heterocycles. The second-order valence-corrected chi connectivity index (χ2v) is 6.12. The number of hydrogen-bond acceptors (Lipinski definition) is 5. The van der Waals surface area contributed by atoms with E-state index in [4.69, 9.17) is 9.47 Å². The van der Waals surface area contributed by atoms with E-state index in [2.05, 4.69) is 10.3 Å².